The number of hydrogen-bond donors (Lipinski definition) is 2. The van der Waals surface area contributed by atoms with Crippen LogP contribution in [0.1, 0.15) is 44.8 Å². The van der Waals surface area contributed by atoms with Crippen molar-refractivity contribution in [1.82, 2.24) is 20.4 Å². The highest BCUT2D eigenvalue weighted by molar-refractivity contribution is 5.95. The maximum atomic E-state index is 12.4. The first-order valence-electron chi connectivity index (χ1n) is 8.67. The smallest absolute Gasteiger partial charge is 0.274 e. The van der Waals surface area contributed by atoms with Crippen LogP contribution in [0.2, 0.25) is 0 Å². The predicted octanol–water partition coefficient (Wildman–Crippen LogP) is 1.42. The minimum atomic E-state index is -0.339. The van der Waals surface area contributed by atoms with Gasteiger partial charge in [0.25, 0.3) is 17.4 Å². The van der Waals surface area contributed by atoms with Crippen molar-refractivity contribution in [2.24, 2.45) is 0 Å². The molecule has 136 valence electrons. The Morgan fingerprint density at radius 3 is 2.46 bits per heavy atom. The van der Waals surface area contributed by atoms with Gasteiger partial charge in [-0.15, -0.1) is 0 Å². The standard InChI is InChI=1S/C19H22N4O3/c1-12-3-4-14(11-13(12)2)18(25)20-15-7-9-23(10-8-15)19(26)16-5-6-17(24)22-21-16/h3-6,11,15H,7-10H2,1-2H3,(H,20,25)(H,22,24). The first kappa shape index (κ1) is 17.8. The van der Waals surface area contributed by atoms with Crippen LogP contribution in [0.15, 0.2) is 35.1 Å². The van der Waals surface area contributed by atoms with Gasteiger partial charge in [-0.3, -0.25) is 14.4 Å². The number of amides is 2. The number of nitrogens with one attached hydrogen (secondary N) is 2. The van der Waals surface area contributed by atoms with Crippen LogP contribution in [-0.2, 0) is 0 Å². The van der Waals surface area contributed by atoms with Gasteiger partial charge in [0.05, 0.1) is 0 Å². The van der Waals surface area contributed by atoms with Gasteiger partial charge in [-0.05, 0) is 56.0 Å². The first-order chi connectivity index (χ1) is 12.4. The van der Waals surface area contributed by atoms with Gasteiger partial charge in [-0.25, -0.2) is 5.10 Å². The number of aryl methyl sites for hydroxylation is 2. The van der Waals surface area contributed by atoms with E-state index in [0.717, 1.165) is 11.1 Å². The quantitative estimate of drug-likeness (QED) is 0.871. The summed E-state index contributed by atoms with van der Waals surface area (Å²) in [5.41, 5.74) is 2.79. The monoisotopic (exact) mass is 354 g/mol. The van der Waals surface area contributed by atoms with Crippen molar-refractivity contribution in [3.05, 3.63) is 63.1 Å². The molecule has 2 amide bonds. The van der Waals surface area contributed by atoms with Crippen molar-refractivity contribution in [2.45, 2.75) is 32.7 Å². The van der Waals surface area contributed by atoms with Gasteiger partial charge < -0.3 is 10.2 Å². The molecule has 0 bridgehead atoms. The summed E-state index contributed by atoms with van der Waals surface area (Å²) in [4.78, 5) is 37.5. The molecule has 1 aromatic carbocycles. The Morgan fingerprint density at radius 1 is 1.12 bits per heavy atom. The summed E-state index contributed by atoms with van der Waals surface area (Å²) in [6.45, 7) is 5.08. The predicted molar refractivity (Wildman–Crippen MR) is 97.2 cm³/mol. The molecule has 0 atom stereocenters. The Kier molecular flexibility index (Phi) is 5.16. The molecule has 3 rings (SSSR count). The van der Waals surface area contributed by atoms with Crippen LogP contribution < -0.4 is 10.9 Å². The topological polar surface area (TPSA) is 95.2 Å². The van der Waals surface area contributed by atoms with Crippen LogP contribution in [0.5, 0.6) is 0 Å². The molecular weight excluding hydrogens is 332 g/mol. The summed E-state index contributed by atoms with van der Waals surface area (Å²) in [6.07, 6.45) is 1.37. The molecular formula is C19H22N4O3. The van der Waals surface area contributed by atoms with Gasteiger partial charge in [0.15, 0.2) is 0 Å². The molecule has 2 N–H and O–H groups in total. The Morgan fingerprint density at radius 2 is 1.85 bits per heavy atom. The fraction of sp³-hybridized carbons (Fsp3) is 0.368. The van der Waals surface area contributed by atoms with Crippen LogP contribution in [0.25, 0.3) is 0 Å². The van der Waals surface area contributed by atoms with Crippen LogP contribution in [0, 0.1) is 13.8 Å². The lowest BCUT2D eigenvalue weighted by molar-refractivity contribution is 0.0691. The van der Waals surface area contributed by atoms with Crippen molar-refractivity contribution < 1.29 is 9.59 Å². The van der Waals surface area contributed by atoms with Crippen molar-refractivity contribution >= 4 is 11.8 Å². The van der Waals surface area contributed by atoms with Crippen LogP contribution in [0.4, 0.5) is 0 Å². The zero-order valence-electron chi connectivity index (χ0n) is 14.9. The molecule has 1 aliphatic heterocycles. The van der Waals surface area contributed by atoms with E-state index in [9.17, 15) is 14.4 Å². The molecule has 0 aliphatic carbocycles. The van der Waals surface area contributed by atoms with E-state index in [-0.39, 0.29) is 29.1 Å². The Hall–Kier alpha value is -2.96. The third kappa shape index (κ3) is 3.99. The van der Waals surface area contributed by atoms with E-state index < -0.39 is 0 Å². The van der Waals surface area contributed by atoms with Crippen molar-refractivity contribution in [3.8, 4) is 0 Å². The highest BCUT2D eigenvalue weighted by Crippen LogP contribution is 2.15. The molecule has 1 saturated heterocycles. The molecule has 2 heterocycles. The largest absolute Gasteiger partial charge is 0.349 e. The van der Waals surface area contributed by atoms with E-state index in [4.69, 9.17) is 0 Å². The Bertz CT molecular complexity index is 862. The second kappa shape index (κ2) is 7.51. The van der Waals surface area contributed by atoms with Crippen LogP contribution >= 0.6 is 0 Å². The average molecular weight is 354 g/mol. The molecule has 1 aliphatic rings. The normalized spacial score (nSPS) is 14.9. The maximum Gasteiger partial charge on any atom is 0.274 e. The molecule has 7 nitrogen and oxygen atoms in total. The molecule has 0 unspecified atom stereocenters. The minimum absolute atomic E-state index is 0.0386. The number of carbonyl (C=O) groups excluding carboxylic acids is 2. The number of rotatable bonds is 3. The van der Waals surface area contributed by atoms with Gasteiger partial charge in [-0.2, -0.15) is 5.10 Å². The summed E-state index contributed by atoms with van der Waals surface area (Å²) < 4.78 is 0. The summed E-state index contributed by atoms with van der Waals surface area (Å²) in [6, 6.07) is 8.43. The molecule has 26 heavy (non-hydrogen) atoms. The van der Waals surface area contributed by atoms with E-state index in [0.29, 0.717) is 31.5 Å². The molecule has 0 saturated carbocycles. The summed E-state index contributed by atoms with van der Waals surface area (Å²) in [5, 5.41) is 9.10. The average Bonchev–Trinajstić information content (AvgIpc) is 2.64. The number of benzene rings is 1. The first-order valence-corrected chi connectivity index (χ1v) is 8.67. The second-order valence-corrected chi connectivity index (χ2v) is 6.65. The second-order valence-electron chi connectivity index (χ2n) is 6.65. The molecule has 0 spiro atoms. The number of piperidine rings is 1. The van der Waals surface area contributed by atoms with E-state index in [2.05, 4.69) is 15.5 Å². The van der Waals surface area contributed by atoms with Gasteiger partial charge >= 0.3 is 0 Å². The molecule has 2 aromatic rings. The highest BCUT2D eigenvalue weighted by atomic mass is 16.2. The zero-order chi connectivity index (χ0) is 18.7. The SMILES string of the molecule is Cc1ccc(C(=O)NC2CCN(C(=O)c3ccc(=O)[nH]n3)CC2)cc1C. The Balaban J connectivity index is 1.55. The lowest BCUT2D eigenvalue weighted by Crippen LogP contribution is -2.46. The number of hydrogen-bond acceptors (Lipinski definition) is 4. The van der Waals surface area contributed by atoms with Crippen LogP contribution in [-0.4, -0.2) is 46.0 Å². The molecule has 7 heteroatoms. The number of aromatic nitrogens is 2. The van der Waals surface area contributed by atoms with E-state index in [1.54, 1.807) is 4.90 Å². The van der Waals surface area contributed by atoms with Crippen molar-refractivity contribution in [3.63, 3.8) is 0 Å². The summed E-state index contributed by atoms with van der Waals surface area (Å²) >= 11 is 0. The number of likely N-dealkylation sites (tertiary alicyclic amines) is 1. The van der Waals surface area contributed by atoms with Crippen molar-refractivity contribution in [2.75, 3.05) is 13.1 Å². The number of nitrogens with zero attached hydrogens (tertiary/aromatic N) is 2. The summed E-state index contributed by atoms with van der Waals surface area (Å²) in [5.74, 6) is -0.291. The van der Waals surface area contributed by atoms with E-state index >= 15 is 0 Å². The highest BCUT2D eigenvalue weighted by Gasteiger charge is 2.25. The van der Waals surface area contributed by atoms with Crippen LogP contribution in [0.3, 0.4) is 0 Å². The lowest BCUT2D eigenvalue weighted by Gasteiger charge is -2.32. The molecule has 1 fully saturated rings. The van der Waals surface area contributed by atoms with E-state index in [1.807, 2.05) is 32.0 Å². The fourth-order valence-corrected chi connectivity index (χ4v) is 3.00. The van der Waals surface area contributed by atoms with Crippen molar-refractivity contribution in [1.29, 1.82) is 0 Å². The van der Waals surface area contributed by atoms with Gasteiger partial charge in [-0.1, -0.05) is 6.07 Å². The third-order valence-electron chi connectivity index (χ3n) is 4.78. The number of aromatic amines is 1. The third-order valence-corrected chi connectivity index (χ3v) is 4.78. The number of carbonyl (C=O) groups is 2. The van der Waals surface area contributed by atoms with Gasteiger partial charge in [0.1, 0.15) is 5.69 Å². The summed E-state index contributed by atoms with van der Waals surface area (Å²) in [7, 11) is 0. The fourth-order valence-electron chi connectivity index (χ4n) is 3.00. The van der Waals surface area contributed by atoms with Gasteiger partial charge in [0, 0.05) is 30.8 Å². The molecule has 1 aromatic heterocycles. The lowest BCUT2D eigenvalue weighted by atomic mass is 10.0. The maximum absolute atomic E-state index is 12.4. The van der Waals surface area contributed by atoms with Gasteiger partial charge in [0.2, 0.25) is 0 Å². The van der Waals surface area contributed by atoms with E-state index in [1.165, 1.54) is 12.1 Å². The number of H-pyrrole nitrogens is 1. The molecule has 0 radical (unpaired) electrons. The minimum Gasteiger partial charge on any atom is -0.349 e. The Labute approximate surface area is 151 Å². The zero-order valence-corrected chi connectivity index (χ0v) is 14.9.